The topological polar surface area (TPSA) is 70.7 Å². The van der Waals surface area contributed by atoms with Gasteiger partial charge in [0, 0.05) is 25.7 Å². The van der Waals surface area contributed by atoms with Crippen molar-refractivity contribution in [2.24, 2.45) is 0 Å². The molecule has 0 aromatic rings. The highest BCUT2D eigenvalue weighted by atomic mass is 16.6. The van der Waals surface area contributed by atoms with Crippen molar-refractivity contribution in [1.29, 1.82) is 0 Å². The first-order valence-corrected chi connectivity index (χ1v) is 6.95. The summed E-state index contributed by atoms with van der Waals surface area (Å²) in [6.45, 7) is 10.7. The maximum Gasteiger partial charge on any atom is 0.410 e. The number of carbonyl (C=O) groups excluding carboxylic acids is 2. The fourth-order valence-electron chi connectivity index (χ4n) is 1.93. The molecule has 0 unspecified atom stereocenters. The predicted octanol–water partition coefficient (Wildman–Crippen LogP) is 1.87. The first kappa shape index (κ1) is 16.3. The molecule has 1 saturated heterocycles. The van der Waals surface area contributed by atoms with Gasteiger partial charge in [-0.2, -0.15) is 0 Å². The van der Waals surface area contributed by atoms with Crippen molar-refractivity contribution in [2.75, 3.05) is 19.6 Å². The van der Waals surface area contributed by atoms with Crippen LogP contribution in [-0.4, -0.2) is 48.3 Å². The lowest BCUT2D eigenvalue weighted by molar-refractivity contribution is 0.0201. The summed E-state index contributed by atoms with van der Waals surface area (Å²) >= 11 is 0. The second kappa shape index (κ2) is 7.17. The van der Waals surface area contributed by atoms with E-state index in [4.69, 9.17) is 4.74 Å². The van der Waals surface area contributed by atoms with Crippen LogP contribution in [-0.2, 0) is 4.74 Å². The molecule has 1 fully saturated rings. The summed E-state index contributed by atoms with van der Waals surface area (Å²) < 4.78 is 5.32. The van der Waals surface area contributed by atoms with E-state index in [2.05, 4.69) is 17.2 Å². The van der Waals surface area contributed by atoms with Gasteiger partial charge in [0.25, 0.3) is 0 Å². The van der Waals surface area contributed by atoms with Gasteiger partial charge in [-0.3, -0.25) is 0 Å². The van der Waals surface area contributed by atoms with Crippen LogP contribution in [0.15, 0.2) is 12.7 Å². The third-order valence-corrected chi connectivity index (χ3v) is 2.89. The van der Waals surface area contributed by atoms with E-state index >= 15 is 0 Å². The molecule has 6 heteroatoms. The molecule has 0 aromatic carbocycles. The molecular weight excluding hydrogens is 258 g/mol. The lowest BCUT2D eigenvalue weighted by Crippen LogP contribution is -2.49. The number of ether oxygens (including phenoxy) is 1. The molecule has 0 bridgehead atoms. The molecule has 6 nitrogen and oxygen atoms in total. The molecule has 0 saturated carbocycles. The molecule has 0 aliphatic carbocycles. The van der Waals surface area contributed by atoms with Gasteiger partial charge in [-0.25, -0.2) is 9.59 Å². The highest BCUT2D eigenvalue weighted by Gasteiger charge is 2.27. The predicted molar refractivity (Wildman–Crippen MR) is 77.6 cm³/mol. The van der Waals surface area contributed by atoms with E-state index in [1.54, 1.807) is 11.0 Å². The fourth-order valence-corrected chi connectivity index (χ4v) is 1.93. The molecule has 0 atom stereocenters. The lowest BCUT2D eigenvalue weighted by Gasteiger charge is -2.33. The number of likely N-dealkylation sites (tertiary alicyclic amines) is 1. The number of nitrogens with one attached hydrogen (secondary N) is 2. The number of nitrogens with zero attached hydrogens (tertiary/aromatic N) is 1. The molecule has 1 aliphatic heterocycles. The molecule has 20 heavy (non-hydrogen) atoms. The average molecular weight is 283 g/mol. The Hall–Kier alpha value is -1.72. The van der Waals surface area contributed by atoms with Gasteiger partial charge in [0.15, 0.2) is 0 Å². The Labute approximate surface area is 120 Å². The van der Waals surface area contributed by atoms with Gasteiger partial charge in [0.2, 0.25) is 0 Å². The molecule has 0 aromatic heterocycles. The van der Waals surface area contributed by atoms with Crippen LogP contribution in [0.1, 0.15) is 33.6 Å². The van der Waals surface area contributed by atoms with Crippen LogP contribution in [0, 0.1) is 0 Å². The molecule has 1 heterocycles. The Morgan fingerprint density at radius 3 is 2.45 bits per heavy atom. The van der Waals surface area contributed by atoms with Gasteiger partial charge < -0.3 is 20.3 Å². The average Bonchev–Trinajstić information content (AvgIpc) is 2.35. The number of urea groups is 1. The Bertz CT molecular complexity index is 355. The van der Waals surface area contributed by atoms with Crippen LogP contribution >= 0.6 is 0 Å². The third kappa shape index (κ3) is 5.95. The summed E-state index contributed by atoms with van der Waals surface area (Å²) in [7, 11) is 0. The van der Waals surface area contributed by atoms with Crippen molar-refractivity contribution in [1.82, 2.24) is 15.5 Å². The minimum Gasteiger partial charge on any atom is -0.444 e. The van der Waals surface area contributed by atoms with Gasteiger partial charge in [0.05, 0.1) is 0 Å². The number of hydrogen-bond donors (Lipinski definition) is 2. The van der Waals surface area contributed by atoms with Crippen molar-refractivity contribution >= 4 is 12.1 Å². The molecule has 1 aliphatic rings. The Morgan fingerprint density at radius 1 is 1.35 bits per heavy atom. The van der Waals surface area contributed by atoms with E-state index in [0.717, 1.165) is 12.8 Å². The van der Waals surface area contributed by atoms with E-state index in [-0.39, 0.29) is 18.2 Å². The highest BCUT2D eigenvalue weighted by molar-refractivity contribution is 5.74. The summed E-state index contributed by atoms with van der Waals surface area (Å²) in [4.78, 5) is 25.1. The van der Waals surface area contributed by atoms with Crippen LogP contribution in [0.5, 0.6) is 0 Å². The quantitative estimate of drug-likeness (QED) is 0.777. The zero-order valence-electron chi connectivity index (χ0n) is 12.6. The summed E-state index contributed by atoms with van der Waals surface area (Å²) in [5, 5.41) is 5.56. The fraction of sp³-hybridized carbons (Fsp3) is 0.714. The summed E-state index contributed by atoms with van der Waals surface area (Å²) in [5.74, 6) is 0. The first-order chi connectivity index (χ1) is 9.31. The summed E-state index contributed by atoms with van der Waals surface area (Å²) in [6.07, 6.45) is 2.82. The maximum absolute atomic E-state index is 11.9. The lowest BCUT2D eigenvalue weighted by atomic mass is 10.1. The van der Waals surface area contributed by atoms with Gasteiger partial charge in [-0.05, 0) is 33.6 Å². The van der Waals surface area contributed by atoms with Gasteiger partial charge in [-0.15, -0.1) is 6.58 Å². The molecule has 0 spiro atoms. The molecule has 1 rings (SSSR count). The Balaban J connectivity index is 2.31. The van der Waals surface area contributed by atoms with Crippen LogP contribution < -0.4 is 10.6 Å². The molecule has 3 amide bonds. The minimum atomic E-state index is -0.475. The largest absolute Gasteiger partial charge is 0.444 e. The van der Waals surface area contributed by atoms with Crippen molar-refractivity contribution < 1.29 is 14.3 Å². The molecule has 2 N–H and O–H groups in total. The van der Waals surface area contributed by atoms with Crippen LogP contribution in [0.2, 0.25) is 0 Å². The third-order valence-electron chi connectivity index (χ3n) is 2.89. The number of hydrogen-bond acceptors (Lipinski definition) is 3. The summed E-state index contributed by atoms with van der Waals surface area (Å²) in [5.41, 5.74) is -0.475. The SMILES string of the molecule is C=CCNC(=O)NC1CCN(C(=O)OC(C)(C)C)CC1. The monoisotopic (exact) mass is 283 g/mol. The number of amides is 3. The number of rotatable bonds is 3. The second-order valence-electron chi connectivity index (χ2n) is 5.88. The molecular formula is C14H25N3O3. The molecule has 0 radical (unpaired) electrons. The van der Waals surface area contributed by atoms with E-state index in [9.17, 15) is 9.59 Å². The van der Waals surface area contributed by atoms with E-state index in [0.29, 0.717) is 19.6 Å². The zero-order chi connectivity index (χ0) is 15.2. The normalized spacial score (nSPS) is 16.4. The van der Waals surface area contributed by atoms with Gasteiger partial charge in [-0.1, -0.05) is 6.08 Å². The van der Waals surface area contributed by atoms with Crippen molar-refractivity contribution in [3.05, 3.63) is 12.7 Å². The minimum absolute atomic E-state index is 0.0958. The molecule has 114 valence electrons. The number of carbonyl (C=O) groups is 2. The van der Waals surface area contributed by atoms with Crippen molar-refractivity contribution in [3.8, 4) is 0 Å². The van der Waals surface area contributed by atoms with E-state index in [1.807, 2.05) is 20.8 Å². The number of piperidine rings is 1. The van der Waals surface area contributed by atoms with Crippen molar-refractivity contribution in [2.45, 2.75) is 45.3 Å². The second-order valence-corrected chi connectivity index (χ2v) is 5.88. The van der Waals surface area contributed by atoms with Crippen LogP contribution in [0.4, 0.5) is 9.59 Å². The first-order valence-electron chi connectivity index (χ1n) is 6.95. The maximum atomic E-state index is 11.9. The Morgan fingerprint density at radius 2 is 1.95 bits per heavy atom. The Kier molecular flexibility index (Phi) is 5.85. The standard InChI is InChI=1S/C14H25N3O3/c1-5-8-15-12(18)16-11-6-9-17(10-7-11)13(19)20-14(2,3)4/h5,11H,1,6-10H2,2-4H3,(H2,15,16,18). The van der Waals surface area contributed by atoms with Gasteiger partial charge >= 0.3 is 12.1 Å². The van der Waals surface area contributed by atoms with Crippen LogP contribution in [0.3, 0.4) is 0 Å². The van der Waals surface area contributed by atoms with Gasteiger partial charge in [0.1, 0.15) is 5.60 Å². The van der Waals surface area contributed by atoms with Crippen molar-refractivity contribution in [3.63, 3.8) is 0 Å². The van der Waals surface area contributed by atoms with E-state index in [1.165, 1.54) is 0 Å². The smallest absolute Gasteiger partial charge is 0.410 e. The van der Waals surface area contributed by atoms with Crippen LogP contribution in [0.25, 0.3) is 0 Å². The van der Waals surface area contributed by atoms with E-state index < -0.39 is 5.60 Å². The highest BCUT2D eigenvalue weighted by Crippen LogP contribution is 2.15. The summed E-state index contributed by atoms with van der Waals surface area (Å²) in [6, 6.07) is -0.0980. The zero-order valence-corrected chi connectivity index (χ0v) is 12.6.